The molecule has 1 N–H and O–H groups in total. The van der Waals surface area contributed by atoms with Crippen molar-refractivity contribution < 1.29 is 0 Å². The fraction of sp³-hybridized carbons (Fsp3) is 0.400. The van der Waals surface area contributed by atoms with Crippen LogP contribution >= 0.6 is 11.3 Å². The predicted molar refractivity (Wildman–Crippen MR) is 76.2 cm³/mol. The number of hydrogen-bond acceptors (Lipinski definition) is 3. The Labute approximate surface area is 112 Å². The highest BCUT2D eigenvalue weighted by molar-refractivity contribution is 7.09. The van der Waals surface area contributed by atoms with E-state index >= 15 is 0 Å². The fourth-order valence-electron chi connectivity index (χ4n) is 2.63. The molecular weight excluding hydrogens is 240 g/mol. The first kappa shape index (κ1) is 11.9. The third kappa shape index (κ3) is 2.79. The van der Waals surface area contributed by atoms with Crippen molar-refractivity contribution in [2.24, 2.45) is 0 Å². The number of nitrogens with zero attached hydrogens (tertiary/aromatic N) is 1. The Morgan fingerprint density at radius 1 is 1.28 bits per heavy atom. The number of hydrogen-bond donors (Lipinski definition) is 1. The largest absolute Gasteiger partial charge is 0.317 e. The molecule has 2 nitrogen and oxygen atoms in total. The first-order chi connectivity index (χ1) is 8.92. The average molecular weight is 258 g/mol. The van der Waals surface area contributed by atoms with E-state index in [1.165, 1.54) is 29.0 Å². The van der Waals surface area contributed by atoms with E-state index in [2.05, 4.69) is 34.6 Å². The van der Waals surface area contributed by atoms with Gasteiger partial charge in [-0.25, -0.2) is 4.98 Å². The molecule has 2 aromatic rings. The van der Waals surface area contributed by atoms with Crippen molar-refractivity contribution >= 4 is 11.3 Å². The highest BCUT2D eigenvalue weighted by atomic mass is 32.1. The molecule has 0 spiro atoms. The summed E-state index contributed by atoms with van der Waals surface area (Å²) in [5.41, 5.74) is 2.89. The van der Waals surface area contributed by atoms with E-state index in [0.717, 1.165) is 25.4 Å². The highest BCUT2D eigenvalue weighted by Crippen LogP contribution is 2.26. The Morgan fingerprint density at radius 2 is 2.17 bits per heavy atom. The van der Waals surface area contributed by atoms with E-state index < -0.39 is 0 Å². The SMILES string of the molecule is c1cc(Cc2nccs2)cc(C2CCNCC2)c1. The van der Waals surface area contributed by atoms with Crippen molar-refractivity contribution in [1.29, 1.82) is 0 Å². The molecule has 0 aliphatic carbocycles. The summed E-state index contributed by atoms with van der Waals surface area (Å²) in [5.74, 6) is 0.738. The van der Waals surface area contributed by atoms with Crippen LogP contribution in [0.1, 0.15) is 34.9 Å². The van der Waals surface area contributed by atoms with Crippen molar-refractivity contribution in [2.75, 3.05) is 13.1 Å². The maximum Gasteiger partial charge on any atom is 0.0968 e. The second-order valence-corrected chi connectivity index (χ2v) is 5.85. The summed E-state index contributed by atoms with van der Waals surface area (Å²) >= 11 is 1.74. The molecule has 1 aliphatic heterocycles. The molecule has 0 radical (unpaired) electrons. The normalized spacial score (nSPS) is 16.9. The first-order valence-electron chi connectivity index (χ1n) is 6.60. The van der Waals surface area contributed by atoms with Crippen LogP contribution in [0.15, 0.2) is 35.8 Å². The van der Waals surface area contributed by atoms with Gasteiger partial charge in [-0.2, -0.15) is 0 Å². The quantitative estimate of drug-likeness (QED) is 0.914. The molecular formula is C15H18N2S. The Hall–Kier alpha value is -1.19. The molecule has 0 atom stereocenters. The van der Waals surface area contributed by atoms with Crippen LogP contribution in [0.4, 0.5) is 0 Å². The van der Waals surface area contributed by atoms with Crippen LogP contribution in [-0.4, -0.2) is 18.1 Å². The maximum absolute atomic E-state index is 4.36. The van der Waals surface area contributed by atoms with Gasteiger partial charge in [-0.1, -0.05) is 24.3 Å². The molecule has 0 bridgehead atoms. The lowest BCUT2D eigenvalue weighted by Gasteiger charge is -2.23. The molecule has 1 aromatic heterocycles. The van der Waals surface area contributed by atoms with E-state index in [0.29, 0.717) is 0 Å². The van der Waals surface area contributed by atoms with Gasteiger partial charge < -0.3 is 5.32 Å². The minimum atomic E-state index is 0.738. The van der Waals surface area contributed by atoms with Crippen molar-refractivity contribution in [3.63, 3.8) is 0 Å². The maximum atomic E-state index is 4.36. The van der Waals surface area contributed by atoms with E-state index in [-0.39, 0.29) is 0 Å². The zero-order chi connectivity index (χ0) is 12.2. The smallest absolute Gasteiger partial charge is 0.0968 e. The van der Waals surface area contributed by atoms with Gasteiger partial charge in [-0.15, -0.1) is 11.3 Å². The Bertz CT molecular complexity index is 487. The van der Waals surface area contributed by atoms with Gasteiger partial charge in [0.05, 0.1) is 5.01 Å². The van der Waals surface area contributed by atoms with Crippen molar-refractivity contribution in [1.82, 2.24) is 10.3 Å². The summed E-state index contributed by atoms with van der Waals surface area (Å²) in [7, 11) is 0. The van der Waals surface area contributed by atoms with E-state index in [1.54, 1.807) is 11.3 Å². The van der Waals surface area contributed by atoms with Gasteiger partial charge in [0, 0.05) is 18.0 Å². The molecule has 0 amide bonds. The molecule has 0 unspecified atom stereocenters. The van der Waals surface area contributed by atoms with Crippen molar-refractivity contribution in [3.05, 3.63) is 52.0 Å². The summed E-state index contributed by atoms with van der Waals surface area (Å²) in [6.45, 7) is 2.31. The van der Waals surface area contributed by atoms with Crippen LogP contribution in [-0.2, 0) is 6.42 Å². The number of thiazole rings is 1. The van der Waals surface area contributed by atoms with E-state index in [1.807, 2.05) is 11.6 Å². The van der Waals surface area contributed by atoms with Crippen molar-refractivity contribution in [2.45, 2.75) is 25.2 Å². The van der Waals surface area contributed by atoms with Gasteiger partial charge in [0.25, 0.3) is 0 Å². The minimum absolute atomic E-state index is 0.738. The summed E-state index contributed by atoms with van der Waals surface area (Å²) < 4.78 is 0. The number of nitrogens with one attached hydrogen (secondary N) is 1. The third-order valence-corrected chi connectivity index (χ3v) is 4.38. The molecule has 1 saturated heterocycles. The van der Waals surface area contributed by atoms with Crippen LogP contribution in [0.25, 0.3) is 0 Å². The molecule has 1 fully saturated rings. The molecule has 2 heterocycles. The molecule has 94 valence electrons. The number of rotatable bonds is 3. The van der Waals surface area contributed by atoms with Crippen LogP contribution < -0.4 is 5.32 Å². The number of piperidine rings is 1. The van der Waals surface area contributed by atoms with Gasteiger partial charge in [-0.3, -0.25) is 0 Å². The molecule has 18 heavy (non-hydrogen) atoms. The summed E-state index contributed by atoms with van der Waals surface area (Å²) in [4.78, 5) is 4.36. The Morgan fingerprint density at radius 3 is 2.94 bits per heavy atom. The van der Waals surface area contributed by atoms with Crippen LogP contribution in [0, 0.1) is 0 Å². The zero-order valence-corrected chi connectivity index (χ0v) is 11.2. The number of aromatic nitrogens is 1. The van der Waals surface area contributed by atoms with Crippen LogP contribution in [0.5, 0.6) is 0 Å². The summed E-state index contributed by atoms with van der Waals surface area (Å²) in [6, 6.07) is 9.06. The minimum Gasteiger partial charge on any atom is -0.317 e. The topological polar surface area (TPSA) is 24.9 Å². The highest BCUT2D eigenvalue weighted by Gasteiger charge is 2.15. The van der Waals surface area contributed by atoms with Gasteiger partial charge in [-0.05, 0) is 43.0 Å². The second-order valence-electron chi connectivity index (χ2n) is 4.87. The van der Waals surface area contributed by atoms with Crippen LogP contribution in [0.2, 0.25) is 0 Å². The Balaban J connectivity index is 1.76. The van der Waals surface area contributed by atoms with Gasteiger partial charge in [0.15, 0.2) is 0 Å². The molecule has 0 saturated carbocycles. The lowest BCUT2D eigenvalue weighted by molar-refractivity contribution is 0.460. The lowest BCUT2D eigenvalue weighted by Crippen LogP contribution is -2.26. The molecule has 1 aliphatic rings. The van der Waals surface area contributed by atoms with Crippen LogP contribution in [0.3, 0.4) is 0 Å². The van der Waals surface area contributed by atoms with Gasteiger partial charge in [0.2, 0.25) is 0 Å². The zero-order valence-electron chi connectivity index (χ0n) is 10.4. The van der Waals surface area contributed by atoms with Crippen molar-refractivity contribution in [3.8, 4) is 0 Å². The molecule has 1 aromatic carbocycles. The standard InChI is InChI=1S/C15H18N2S/c1-2-12(11-15-17-8-9-18-15)10-14(3-1)13-4-6-16-7-5-13/h1-3,8-10,13,16H,4-7,11H2. The Kier molecular flexibility index (Phi) is 3.72. The molecule has 3 rings (SSSR count). The fourth-order valence-corrected chi connectivity index (χ4v) is 3.28. The summed E-state index contributed by atoms with van der Waals surface area (Å²) in [6.07, 6.45) is 5.38. The van der Waals surface area contributed by atoms with Gasteiger partial charge in [0.1, 0.15) is 0 Å². The monoisotopic (exact) mass is 258 g/mol. The molecule has 3 heteroatoms. The first-order valence-corrected chi connectivity index (χ1v) is 7.48. The average Bonchev–Trinajstić information content (AvgIpc) is 2.93. The number of benzene rings is 1. The lowest BCUT2D eigenvalue weighted by atomic mass is 9.89. The third-order valence-electron chi connectivity index (χ3n) is 3.60. The van der Waals surface area contributed by atoms with Gasteiger partial charge >= 0.3 is 0 Å². The second kappa shape index (κ2) is 5.63. The van der Waals surface area contributed by atoms with E-state index in [4.69, 9.17) is 0 Å². The van der Waals surface area contributed by atoms with E-state index in [9.17, 15) is 0 Å². The summed E-state index contributed by atoms with van der Waals surface area (Å²) in [5, 5.41) is 6.68. The predicted octanol–water partition coefficient (Wildman–Crippen LogP) is 3.20.